The molecule has 1 fully saturated rings. The molecule has 1 amide bonds. The zero-order valence-electron chi connectivity index (χ0n) is 16.6. The maximum absolute atomic E-state index is 12.6. The molecule has 1 saturated heterocycles. The highest BCUT2D eigenvalue weighted by Gasteiger charge is 2.23. The maximum Gasteiger partial charge on any atom is 0.227 e. The van der Waals surface area contributed by atoms with Gasteiger partial charge in [0.25, 0.3) is 0 Å². The van der Waals surface area contributed by atoms with Crippen molar-refractivity contribution in [1.82, 2.24) is 14.9 Å². The van der Waals surface area contributed by atoms with Gasteiger partial charge in [-0.15, -0.1) is 0 Å². The van der Waals surface area contributed by atoms with E-state index >= 15 is 0 Å². The SMILES string of the molecule is Cc1cc(Nc2ccccc2)nc(N2CCN(C(=O)Cc3ccccc3)CC2)n1. The minimum atomic E-state index is 0.174. The van der Waals surface area contributed by atoms with Gasteiger partial charge in [-0.2, -0.15) is 4.98 Å². The number of benzene rings is 2. The third-order valence-electron chi connectivity index (χ3n) is 5.00. The molecule has 4 rings (SSSR count). The average molecular weight is 387 g/mol. The first kappa shape index (κ1) is 18.9. The van der Waals surface area contributed by atoms with Crippen molar-refractivity contribution < 1.29 is 4.79 Å². The van der Waals surface area contributed by atoms with Crippen LogP contribution < -0.4 is 10.2 Å². The summed E-state index contributed by atoms with van der Waals surface area (Å²) < 4.78 is 0. The van der Waals surface area contributed by atoms with E-state index in [1.165, 1.54) is 0 Å². The van der Waals surface area contributed by atoms with Crippen LogP contribution >= 0.6 is 0 Å². The molecule has 1 aliphatic heterocycles. The first-order valence-corrected chi connectivity index (χ1v) is 9.92. The van der Waals surface area contributed by atoms with E-state index in [1.54, 1.807) is 0 Å². The maximum atomic E-state index is 12.6. The van der Waals surface area contributed by atoms with E-state index in [-0.39, 0.29) is 5.91 Å². The molecule has 1 N–H and O–H groups in total. The number of nitrogens with one attached hydrogen (secondary N) is 1. The number of aryl methyl sites for hydroxylation is 1. The molecule has 0 atom stereocenters. The van der Waals surface area contributed by atoms with E-state index in [2.05, 4.69) is 15.2 Å². The zero-order valence-corrected chi connectivity index (χ0v) is 16.6. The number of para-hydroxylation sites is 1. The highest BCUT2D eigenvalue weighted by atomic mass is 16.2. The van der Waals surface area contributed by atoms with E-state index in [0.717, 1.165) is 35.9 Å². The van der Waals surface area contributed by atoms with Crippen molar-refractivity contribution in [3.8, 4) is 0 Å². The van der Waals surface area contributed by atoms with Crippen molar-refractivity contribution in [2.75, 3.05) is 36.4 Å². The minimum Gasteiger partial charge on any atom is -0.340 e. The topological polar surface area (TPSA) is 61.4 Å². The number of anilines is 3. The molecule has 1 aromatic heterocycles. The summed E-state index contributed by atoms with van der Waals surface area (Å²) in [5.41, 5.74) is 2.96. The Bertz CT molecular complexity index is 954. The first-order chi connectivity index (χ1) is 14.2. The van der Waals surface area contributed by atoms with Crippen molar-refractivity contribution in [1.29, 1.82) is 0 Å². The van der Waals surface area contributed by atoms with Crippen LogP contribution in [0.2, 0.25) is 0 Å². The predicted molar refractivity (Wildman–Crippen MR) is 115 cm³/mol. The third-order valence-corrected chi connectivity index (χ3v) is 5.00. The van der Waals surface area contributed by atoms with Gasteiger partial charge in [-0.05, 0) is 24.6 Å². The molecule has 2 heterocycles. The van der Waals surface area contributed by atoms with Crippen LogP contribution in [0.15, 0.2) is 66.7 Å². The summed E-state index contributed by atoms with van der Waals surface area (Å²) in [6.45, 7) is 4.80. The van der Waals surface area contributed by atoms with Crippen LogP contribution in [0, 0.1) is 6.92 Å². The highest BCUT2D eigenvalue weighted by molar-refractivity contribution is 5.79. The van der Waals surface area contributed by atoms with Gasteiger partial charge in [0, 0.05) is 43.6 Å². The summed E-state index contributed by atoms with van der Waals surface area (Å²) in [5, 5.41) is 3.34. The fourth-order valence-electron chi connectivity index (χ4n) is 3.47. The number of nitrogens with zero attached hydrogens (tertiary/aromatic N) is 4. The van der Waals surface area contributed by atoms with Gasteiger partial charge in [0.1, 0.15) is 5.82 Å². The lowest BCUT2D eigenvalue weighted by Gasteiger charge is -2.35. The Kier molecular flexibility index (Phi) is 5.70. The first-order valence-electron chi connectivity index (χ1n) is 9.92. The zero-order chi connectivity index (χ0) is 20.1. The van der Waals surface area contributed by atoms with E-state index in [9.17, 15) is 4.79 Å². The molecule has 0 bridgehead atoms. The van der Waals surface area contributed by atoms with Gasteiger partial charge in [-0.25, -0.2) is 4.98 Å². The quantitative estimate of drug-likeness (QED) is 0.727. The highest BCUT2D eigenvalue weighted by Crippen LogP contribution is 2.19. The number of aromatic nitrogens is 2. The van der Waals surface area contributed by atoms with Crippen LogP contribution in [-0.2, 0) is 11.2 Å². The van der Waals surface area contributed by atoms with E-state index in [1.807, 2.05) is 78.6 Å². The number of hydrogen-bond donors (Lipinski definition) is 1. The summed E-state index contributed by atoms with van der Waals surface area (Å²) in [7, 11) is 0. The van der Waals surface area contributed by atoms with Crippen molar-refractivity contribution in [2.24, 2.45) is 0 Å². The number of piperazine rings is 1. The molecular formula is C23H25N5O. The van der Waals surface area contributed by atoms with Gasteiger partial charge in [-0.3, -0.25) is 4.79 Å². The molecule has 3 aromatic rings. The molecule has 6 nitrogen and oxygen atoms in total. The van der Waals surface area contributed by atoms with Gasteiger partial charge in [0.2, 0.25) is 11.9 Å². The summed E-state index contributed by atoms with van der Waals surface area (Å²) in [4.78, 5) is 26.0. The Hall–Kier alpha value is -3.41. The van der Waals surface area contributed by atoms with E-state index < -0.39 is 0 Å². The Labute approximate surface area is 171 Å². The second-order valence-electron chi connectivity index (χ2n) is 7.22. The third kappa shape index (κ3) is 4.90. The van der Waals surface area contributed by atoms with Crippen molar-refractivity contribution in [3.63, 3.8) is 0 Å². The number of carbonyl (C=O) groups is 1. The fraction of sp³-hybridized carbons (Fsp3) is 0.261. The second kappa shape index (κ2) is 8.73. The van der Waals surface area contributed by atoms with Crippen LogP contribution in [0.4, 0.5) is 17.5 Å². The molecule has 0 aliphatic carbocycles. The Morgan fingerprint density at radius 2 is 1.59 bits per heavy atom. The molecule has 2 aromatic carbocycles. The Morgan fingerprint density at radius 3 is 2.28 bits per heavy atom. The number of rotatable bonds is 5. The molecule has 0 radical (unpaired) electrons. The van der Waals surface area contributed by atoms with Crippen LogP contribution in [-0.4, -0.2) is 47.0 Å². The number of hydrogen-bond acceptors (Lipinski definition) is 5. The van der Waals surface area contributed by atoms with Crippen molar-refractivity contribution in [2.45, 2.75) is 13.3 Å². The number of carbonyl (C=O) groups excluding carboxylic acids is 1. The summed E-state index contributed by atoms with van der Waals surface area (Å²) in [6.07, 6.45) is 0.451. The lowest BCUT2D eigenvalue weighted by molar-refractivity contribution is -0.130. The standard InChI is InChI=1S/C23H25N5O/c1-18-16-21(25-20-10-6-3-7-11-20)26-23(24-18)28-14-12-27(13-15-28)22(29)17-19-8-4-2-5-9-19/h2-11,16H,12-15,17H2,1H3,(H,24,25,26). The summed E-state index contributed by atoms with van der Waals surface area (Å²) in [6, 6.07) is 21.8. The smallest absolute Gasteiger partial charge is 0.227 e. The molecule has 0 unspecified atom stereocenters. The fourth-order valence-corrected chi connectivity index (χ4v) is 3.47. The molecule has 1 aliphatic rings. The summed E-state index contributed by atoms with van der Waals surface area (Å²) in [5.74, 6) is 1.66. The molecule has 148 valence electrons. The normalized spacial score (nSPS) is 14.0. The lowest BCUT2D eigenvalue weighted by atomic mass is 10.1. The van der Waals surface area contributed by atoms with Crippen LogP contribution in [0.3, 0.4) is 0 Å². The second-order valence-corrected chi connectivity index (χ2v) is 7.22. The largest absolute Gasteiger partial charge is 0.340 e. The van der Waals surface area contributed by atoms with E-state index in [4.69, 9.17) is 4.98 Å². The van der Waals surface area contributed by atoms with Gasteiger partial charge in [-0.1, -0.05) is 48.5 Å². The Morgan fingerprint density at radius 1 is 0.931 bits per heavy atom. The van der Waals surface area contributed by atoms with Crippen LogP contribution in [0.1, 0.15) is 11.3 Å². The van der Waals surface area contributed by atoms with Crippen molar-refractivity contribution >= 4 is 23.4 Å². The summed E-state index contributed by atoms with van der Waals surface area (Å²) >= 11 is 0. The number of amides is 1. The van der Waals surface area contributed by atoms with Gasteiger partial charge >= 0.3 is 0 Å². The Balaban J connectivity index is 1.38. The molecule has 6 heteroatoms. The predicted octanol–water partition coefficient (Wildman–Crippen LogP) is 3.42. The van der Waals surface area contributed by atoms with Gasteiger partial charge in [0.05, 0.1) is 6.42 Å². The minimum absolute atomic E-state index is 0.174. The molecule has 0 spiro atoms. The van der Waals surface area contributed by atoms with Crippen LogP contribution in [0.5, 0.6) is 0 Å². The van der Waals surface area contributed by atoms with Gasteiger partial charge < -0.3 is 15.1 Å². The van der Waals surface area contributed by atoms with Gasteiger partial charge in [0.15, 0.2) is 0 Å². The lowest BCUT2D eigenvalue weighted by Crippen LogP contribution is -2.49. The van der Waals surface area contributed by atoms with Crippen molar-refractivity contribution in [3.05, 3.63) is 78.0 Å². The molecule has 29 heavy (non-hydrogen) atoms. The average Bonchev–Trinajstić information content (AvgIpc) is 2.75. The monoisotopic (exact) mass is 387 g/mol. The van der Waals surface area contributed by atoms with E-state index in [0.29, 0.717) is 25.5 Å². The van der Waals surface area contributed by atoms with Crippen LogP contribution in [0.25, 0.3) is 0 Å². The molecular weight excluding hydrogens is 362 g/mol. The molecule has 0 saturated carbocycles.